The summed E-state index contributed by atoms with van der Waals surface area (Å²) < 4.78 is 1.50. The van der Waals surface area contributed by atoms with E-state index in [0.29, 0.717) is 50.6 Å². The topological polar surface area (TPSA) is 111 Å². The lowest BCUT2D eigenvalue weighted by Crippen LogP contribution is -2.54. The molecule has 2 fully saturated rings. The summed E-state index contributed by atoms with van der Waals surface area (Å²) in [7, 11) is 0. The van der Waals surface area contributed by atoms with Crippen LogP contribution in [0.15, 0.2) is 35.3 Å². The number of nitrogens with zero attached hydrogens (tertiary/aromatic N) is 4. The first-order valence-electron chi connectivity index (χ1n) is 10.5. The molecule has 2 aromatic rings. The van der Waals surface area contributed by atoms with Gasteiger partial charge in [0.15, 0.2) is 0 Å². The highest BCUT2D eigenvalue weighted by Crippen LogP contribution is 2.20. The van der Waals surface area contributed by atoms with Crippen molar-refractivity contribution in [2.75, 3.05) is 44.6 Å². The molecule has 31 heavy (non-hydrogen) atoms. The molecular weight excluding hydrogens is 400 g/mol. The normalized spacial score (nSPS) is 16.5. The van der Waals surface area contributed by atoms with E-state index in [1.807, 2.05) is 0 Å². The van der Waals surface area contributed by atoms with E-state index in [2.05, 4.69) is 10.3 Å². The Morgan fingerprint density at radius 3 is 2.06 bits per heavy atom. The van der Waals surface area contributed by atoms with Crippen LogP contribution < -0.4 is 11.0 Å². The van der Waals surface area contributed by atoms with Gasteiger partial charge in [0, 0.05) is 51.2 Å². The average molecular weight is 426 g/mol. The predicted molar refractivity (Wildman–Crippen MR) is 114 cm³/mol. The maximum Gasteiger partial charge on any atom is 0.330 e. The molecule has 0 bridgehead atoms. The van der Waals surface area contributed by atoms with Crippen LogP contribution in [-0.4, -0.2) is 81.4 Å². The standard InChI is InChI=1S/C21H26N6O4/c1-15-14-22-20(30)27(15)17-7-3-2-6-16(17)23-21(31)26-12-10-25(11-13-26)19(29)18(28)24-8-4-5-9-24/h2-3,6-7,14H,4-5,8-13H2,1H3,(H,22,30)(H,23,31). The van der Waals surface area contributed by atoms with Crippen molar-refractivity contribution >= 4 is 23.5 Å². The highest BCUT2D eigenvalue weighted by atomic mass is 16.2. The van der Waals surface area contributed by atoms with Gasteiger partial charge in [0.05, 0.1) is 11.4 Å². The van der Waals surface area contributed by atoms with Gasteiger partial charge in [-0.2, -0.15) is 0 Å². The van der Waals surface area contributed by atoms with E-state index in [1.54, 1.807) is 47.2 Å². The third kappa shape index (κ3) is 4.18. The van der Waals surface area contributed by atoms with Gasteiger partial charge in [0.2, 0.25) is 0 Å². The number of nitrogens with one attached hydrogen (secondary N) is 2. The largest absolute Gasteiger partial charge is 0.334 e. The van der Waals surface area contributed by atoms with Crippen molar-refractivity contribution in [3.63, 3.8) is 0 Å². The minimum atomic E-state index is -0.491. The number of rotatable bonds is 2. The summed E-state index contributed by atoms with van der Waals surface area (Å²) in [6.07, 6.45) is 3.48. The summed E-state index contributed by atoms with van der Waals surface area (Å²) in [5, 5.41) is 2.87. The number of anilines is 1. The van der Waals surface area contributed by atoms with Gasteiger partial charge in [-0.3, -0.25) is 14.2 Å². The number of para-hydroxylation sites is 2. The smallest absolute Gasteiger partial charge is 0.330 e. The number of aryl methyl sites for hydroxylation is 1. The summed E-state index contributed by atoms with van der Waals surface area (Å²) in [5.41, 5.74) is 1.53. The average Bonchev–Trinajstić information content (AvgIpc) is 3.43. The van der Waals surface area contributed by atoms with Crippen LogP contribution in [0.25, 0.3) is 5.69 Å². The second-order valence-corrected chi connectivity index (χ2v) is 7.80. The number of likely N-dealkylation sites (tertiary alicyclic amines) is 1. The molecule has 164 valence electrons. The van der Waals surface area contributed by atoms with Crippen molar-refractivity contribution in [2.45, 2.75) is 19.8 Å². The second kappa shape index (κ2) is 8.66. The molecule has 1 aromatic carbocycles. The number of piperazine rings is 1. The molecule has 0 aliphatic carbocycles. The van der Waals surface area contributed by atoms with E-state index in [0.717, 1.165) is 18.5 Å². The molecule has 2 aliphatic rings. The minimum Gasteiger partial charge on any atom is -0.334 e. The number of carbonyl (C=O) groups excluding carboxylic acids is 3. The van der Waals surface area contributed by atoms with Crippen LogP contribution in [0.1, 0.15) is 18.5 Å². The molecule has 3 heterocycles. The molecule has 2 aliphatic heterocycles. The molecule has 0 radical (unpaired) electrons. The number of imidazole rings is 1. The van der Waals surface area contributed by atoms with E-state index in [-0.39, 0.29) is 11.7 Å². The SMILES string of the molecule is Cc1c[nH]c(=O)n1-c1ccccc1NC(=O)N1CCN(C(=O)C(=O)N2CCCC2)CC1. The molecule has 0 saturated carbocycles. The molecule has 4 amide bonds. The maximum atomic E-state index is 12.8. The predicted octanol–water partition coefficient (Wildman–Crippen LogP) is 0.773. The first kappa shape index (κ1) is 20.7. The van der Waals surface area contributed by atoms with Crippen LogP contribution in [-0.2, 0) is 9.59 Å². The van der Waals surface area contributed by atoms with Crippen LogP contribution in [0.3, 0.4) is 0 Å². The van der Waals surface area contributed by atoms with Gasteiger partial charge in [-0.1, -0.05) is 12.1 Å². The van der Waals surface area contributed by atoms with E-state index in [4.69, 9.17) is 0 Å². The third-order valence-corrected chi connectivity index (χ3v) is 5.78. The molecule has 0 unspecified atom stereocenters. The lowest BCUT2D eigenvalue weighted by atomic mass is 10.2. The zero-order valence-electron chi connectivity index (χ0n) is 17.5. The van der Waals surface area contributed by atoms with Crippen LogP contribution >= 0.6 is 0 Å². The van der Waals surface area contributed by atoms with Crippen molar-refractivity contribution in [3.8, 4) is 5.69 Å². The van der Waals surface area contributed by atoms with Crippen LogP contribution in [0, 0.1) is 6.92 Å². The molecule has 0 spiro atoms. The third-order valence-electron chi connectivity index (χ3n) is 5.78. The molecular formula is C21H26N6O4. The van der Waals surface area contributed by atoms with Crippen molar-refractivity contribution < 1.29 is 14.4 Å². The van der Waals surface area contributed by atoms with Crippen molar-refractivity contribution in [1.29, 1.82) is 0 Å². The van der Waals surface area contributed by atoms with E-state index in [9.17, 15) is 19.2 Å². The fourth-order valence-electron chi connectivity index (χ4n) is 4.03. The molecule has 0 atom stereocenters. The number of urea groups is 1. The lowest BCUT2D eigenvalue weighted by molar-refractivity contribution is -0.152. The summed E-state index contributed by atoms with van der Waals surface area (Å²) >= 11 is 0. The number of amides is 4. The molecule has 4 rings (SSSR count). The number of benzene rings is 1. The molecule has 2 saturated heterocycles. The Labute approximate surface area is 179 Å². The zero-order chi connectivity index (χ0) is 22.0. The zero-order valence-corrected chi connectivity index (χ0v) is 17.5. The Morgan fingerprint density at radius 2 is 1.45 bits per heavy atom. The van der Waals surface area contributed by atoms with Crippen molar-refractivity contribution in [2.24, 2.45) is 0 Å². The number of aromatic amines is 1. The minimum absolute atomic E-state index is 0.283. The number of H-pyrrole nitrogens is 1. The summed E-state index contributed by atoms with van der Waals surface area (Å²) in [4.78, 5) is 57.1. The van der Waals surface area contributed by atoms with Gasteiger partial charge in [-0.15, -0.1) is 0 Å². The number of aromatic nitrogens is 2. The summed E-state index contributed by atoms with van der Waals surface area (Å²) in [6.45, 7) is 4.35. The lowest BCUT2D eigenvalue weighted by Gasteiger charge is -2.35. The Bertz CT molecular complexity index is 1040. The van der Waals surface area contributed by atoms with Crippen molar-refractivity contribution in [1.82, 2.24) is 24.3 Å². The summed E-state index contributed by atoms with van der Waals surface area (Å²) in [5.74, 6) is -0.939. The van der Waals surface area contributed by atoms with Crippen LogP contribution in [0.5, 0.6) is 0 Å². The maximum absolute atomic E-state index is 12.8. The van der Waals surface area contributed by atoms with Crippen LogP contribution in [0.2, 0.25) is 0 Å². The van der Waals surface area contributed by atoms with E-state index >= 15 is 0 Å². The Hall–Kier alpha value is -3.56. The molecule has 2 N–H and O–H groups in total. The second-order valence-electron chi connectivity index (χ2n) is 7.80. The molecule has 10 heteroatoms. The molecule has 1 aromatic heterocycles. The van der Waals surface area contributed by atoms with Gasteiger partial charge < -0.3 is 25.0 Å². The first-order valence-corrected chi connectivity index (χ1v) is 10.5. The Kier molecular flexibility index (Phi) is 5.79. The van der Waals surface area contributed by atoms with Crippen molar-refractivity contribution in [3.05, 3.63) is 46.6 Å². The monoisotopic (exact) mass is 426 g/mol. The number of hydrogen-bond acceptors (Lipinski definition) is 4. The first-order chi connectivity index (χ1) is 15.0. The van der Waals surface area contributed by atoms with Gasteiger partial charge in [-0.05, 0) is 31.9 Å². The van der Waals surface area contributed by atoms with Crippen LogP contribution in [0.4, 0.5) is 10.5 Å². The number of carbonyl (C=O) groups is 3. The molecule has 10 nitrogen and oxygen atoms in total. The summed E-state index contributed by atoms with van der Waals surface area (Å²) in [6, 6.07) is 6.77. The highest BCUT2D eigenvalue weighted by molar-refractivity contribution is 6.35. The fraction of sp³-hybridized carbons (Fsp3) is 0.429. The Balaban J connectivity index is 1.39. The van der Waals surface area contributed by atoms with Gasteiger partial charge in [0.25, 0.3) is 0 Å². The number of hydrogen-bond donors (Lipinski definition) is 2. The fourth-order valence-corrected chi connectivity index (χ4v) is 4.03. The quantitative estimate of drug-likeness (QED) is 0.691. The van der Waals surface area contributed by atoms with E-state index < -0.39 is 11.8 Å². The van der Waals surface area contributed by atoms with Gasteiger partial charge in [0.1, 0.15) is 0 Å². The van der Waals surface area contributed by atoms with Gasteiger partial charge in [-0.25, -0.2) is 9.59 Å². The highest BCUT2D eigenvalue weighted by Gasteiger charge is 2.31. The van der Waals surface area contributed by atoms with E-state index in [1.165, 1.54) is 9.47 Å². The van der Waals surface area contributed by atoms with Gasteiger partial charge >= 0.3 is 23.5 Å². The Morgan fingerprint density at radius 1 is 0.871 bits per heavy atom.